The average molecular weight is 424 g/mol. The van der Waals surface area contributed by atoms with Gasteiger partial charge in [0.2, 0.25) is 0 Å². The van der Waals surface area contributed by atoms with Crippen molar-refractivity contribution < 1.29 is 4.74 Å². The molecule has 0 N–H and O–H groups in total. The molecule has 0 saturated carbocycles. The number of rotatable bonds is 5. The number of fused-ring (bicyclic) bond motifs is 1. The second kappa shape index (κ2) is 8.88. The number of anilines is 1. The Labute approximate surface area is 182 Å². The Kier molecular flexibility index (Phi) is 5.84. The third kappa shape index (κ3) is 4.15. The highest BCUT2D eigenvalue weighted by Crippen LogP contribution is 2.29. The fourth-order valence-corrected chi connectivity index (χ4v) is 5.39. The van der Waals surface area contributed by atoms with Crippen LogP contribution < -0.4 is 9.64 Å². The van der Waals surface area contributed by atoms with Crippen LogP contribution >= 0.6 is 11.7 Å². The molecule has 0 radical (unpaired) electrons. The van der Waals surface area contributed by atoms with Gasteiger partial charge in [0.25, 0.3) is 0 Å². The summed E-state index contributed by atoms with van der Waals surface area (Å²) in [6, 6.07) is 15.5. The van der Waals surface area contributed by atoms with E-state index in [1.807, 2.05) is 6.07 Å². The molecule has 158 valence electrons. The first kappa shape index (κ1) is 19.7. The van der Waals surface area contributed by atoms with Gasteiger partial charge in [-0.1, -0.05) is 18.2 Å². The van der Waals surface area contributed by atoms with Crippen LogP contribution in [0.5, 0.6) is 5.75 Å². The lowest BCUT2D eigenvalue weighted by Gasteiger charge is -2.44. The normalized spacial score (nSPS) is 21.2. The van der Waals surface area contributed by atoms with Crippen LogP contribution in [-0.2, 0) is 6.54 Å². The molecule has 1 aromatic heterocycles. The Balaban J connectivity index is 1.18. The van der Waals surface area contributed by atoms with E-state index >= 15 is 0 Å². The van der Waals surface area contributed by atoms with E-state index in [9.17, 15) is 0 Å². The van der Waals surface area contributed by atoms with Gasteiger partial charge in [0.15, 0.2) is 0 Å². The number of hydrogen-bond acceptors (Lipinski definition) is 7. The van der Waals surface area contributed by atoms with Gasteiger partial charge in [-0.05, 0) is 49.2 Å². The number of likely N-dealkylation sites (tertiary alicyclic amines) is 1. The molecule has 2 aromatic carbocycles. The summed E-state index contributed by atoms with van der Waals surface area (Å²) in [4.78, 5) is 7.78. The molecule has 6 nitrogen and oxygen atoms in total. The Hall–Kier alpha value is -2.22. The fourth-order valence-electron chi connectivity index (χ4n) is 4.88. The molecule has 1 unspecified atom stereocenters. The van der Waals surface area contributed by atoms with Crippen molar-refractivity contribution >= 4 is 28.4 Å². The van der Waals surface area contributed by atoms with Gasteiger partial charge in [-0.3, -0.25) is 9.80 Å². The van der Waals surface area contributed by atoms with E-state index in [4.69, 9.17) is 4.74 Å². The van der Waals surface area contributed by atoms with Gasteiger partial charge in [-0.25, -0.2) is 0 Å². The van der Waals surface area contributed by atoms with Crippen LogP contribution in [0.4, 0.5) is 5.69 Å². The first-order valence-corrected chi connectivity index (χ1v) is 11.6. The van der Waals surface area contributed by atoms with Gasteiger partial charge < -0.3 is 9.64 Å². The van der Waals surface area contributed by atoms with Crippen LogP contribution in [0.2, 0.25) is 0 Å². The molecule has 0 spiro atoms. The first-order chi connectivity index (χ1) is 14.8. The maximum atomic E-state index is 5.56. The number of ether oxygens (including phenoxy) is 1. The molecule has 7 heteroatoms. The third-order valence-electron chi connectivity index (χ3n) is 6.46. The zero-order valence-corrected chi connectivity index (χ0v) is 18.4. The summed E-state index contributed by atoms with van der Waals surface area (Å²) >= 11 is 1.30. The minimum atomic E-state index is 0.656. The Morgan fingerprint density at radius 2 is 1.83 bits per heavy atom. The van der Waals surface area contributed by atoms with Crippen molar-refractivity contribution in [2.24, 2.45) is 0 Å². The molecule has 30 heavy (non-hydrogen) atoms. The van der Waals surface area contributed by atoms with Crippen LogP contribution in [-0.4, -0.2) is 71.0 Å². The van der Waals surface area contributed by atoms with E-state index in [1.165, 1.54) is 42.4 Å². The van der Waals surface area contributed by atoms with Crippen molar-refractivity contribution in [3.63, 3.8) is 0 Å². The summed E-state index contributed by atoms with van der Waals surface area (Å²) in [6.07, 6.45) is 2.58. The van der Waals surface area contributed by atoms with E-state index in [0.29, 0.717) is 6.04 Å². The maximum Gasteiger partial charge on any atom is 0.142 e. The molecule has 0 bridgehead atoms. The summed E-state index contributed by atoms with van der Waals surface area (Å²) in [5, 5.41) is 0. The smallest absolute Gasteiger partial charge is 0.142 e. The van der Waals surface area contributed by atoms with E-state index in [0.717, 1.165) is 56.1 Å². The summed E-state index contributed by atoms with van der Waals surface area (Å²) in [6.45, 7) is 7.70. The molecule has 3 aromatic rings. The van der Waals surface area contributed by atoms with Crippen molar-refractivity contribution in [1.82, 2.24) is 18.5 Å². The number of piperazine rings is 1. The van der Waals surface area contributed by atoms with Crippen molar-refractivity contribution in [3.8, 4) is 5.75 Å². The van der Waals surface area contributed by atoms with Crippen molar-refractivity contribution in [1.29, 1.82) is 0 Å². The lowest BCUT2D eigenvalue weighted by molar-refractivity contribution is 0.0887. The summed E-state index contributed by atoms with van der Waals surface area (Å²) in [5.41, 5.74) is 4.60. The monoisotopic (exact) mass is 423 g/mol. The number of aromatic nitrogens is 2. The topological polar surface area (TPSA) is 44.7 Å². The van der Waals surface area contributed by atoms with E-state index in [2.05, 4.69) is 59.8 Å². The Morgan fingerprint density at radius 3 is 2.70 bits per heavy atom. The highest BCUT2D eigenvalue weighted by molar-refractivity contribution is 7.00. The van der Waals surface area contributed by atoms with Crippen LogP contribution in [0.3, 0.4) is 0 Å². The summed E-state index contributed by atoms with van der Waals surface area (Å²) < 4.78 is 14.3. The van der Waals surface area contributed by atoms with Gasteiger partial charge in [0.05, 0.1) is 24.5 Å². The highest BCUT2D eigenvalue weighted by atomic mass is 32.1. The van der Waals surface area contributed by atoms with Gasteiger partial charge in [0, 0.05) is 45.3 Å². The van der Waals surface area contributed by atoms with Crippen molar-refractivity contribution in [2.45, 2.75) is 25.4 Å². The molecule has 3 heterocycles. The molecule has 1 atom stereocenters. The predicted molar refractivity (Wildman–Crippen MR) is 122 cm³/mol. The largest absolute Gasteiger partial charge is 0.495 e. The van der Waals surface area contributed by atoms with Crippen LogP contribution in [0.25, 0.3) is 11.0 Å². The minimum absolute atomic E-state index is 0.656. The zero-order valence-electron chi connectivity index (χ0n) is 17.5. The Morgan fingerprint density at radius 1 is 1.00 bits per heavy atom. The number of nitrogens with zero attached hydrogens (tertiary/aromatic N) is 5. The fraction of sp³-hybridized carbons (Fsp3) is 0.478. The SMILES string of the molecule is COc1ccccc1N1CCN(C2CCCN(Cc3ccc4nsnc4c3)C2)CC1. The second-order valence-corrected chi connectivity index (χ2v) is 8.84. The van der Waals surface area contributed by atoms with Gasteiger partial charge in [0.1, 0.15) is 16.8 Å². The number of piperidine rings is 1. The van der Waals surface area contributed by atoms with Gasteiger partial charge in [-0.15, -0.1) is 0 Å². The molecular formula is C23H29N5OS. The first-order valence-electron chi connectivity index (χ1n) is 10.9. The molecule has 0 aliphatic carbocycles. The summed E-state index contributed by atoms with van der Waals surface area (Å²) in [5.74, 6) is 0.974. The van der Waals surface area contributed by atoms with E-state index < -0.39 is 0 Å². The van der Waals surface area contributed by atoms with Crippen molar-refractivity contribution in [2.75, 3.05) is 51.3 Å². The predicted octanol–water partition coefficient (Wildman–Crippen LogP) is 3.49. The molecule has 0 amide bonds. The molecule has 2 aliphatic heterocycles. The van der Waals surface area contributed by atoms with Gasteiger partial charge in [-0.2, -0.15) is 8.75 Å². The van der Waals surface area contributed by atoms with Gasteiger partial charge >= 0.3 is 0 Å². The van der Waals surface area contributed by atoms with E-state index in [1.54, 1.807) is 7.11 Å². The second-order valence-electron chi connectivity index (χ2n) is 8.31. The molecule has 2 aliphatic rings. The number of para-hydroxylation sites is 2. The summed E-state index contributed by atoms with van der Waals surface area (Å²) in [7, 11) is 1.76. The number of benzene rings is 2. The minimum Gasteiger partial charge on any atom is -0.495 e. The van der Waals surface area contributed by atoms with Crippen LogP contribution in [0, 0.1) is 0 Å². The number of hydrogen-bond donors (Lipinski definition) is 0. The Bertz CT molecular complexity index is 984. The molecular weight excluding hydrogens is 394 g/mol. The van der Waals surface area contributed by atoms with Crippen LogP contribution in [0.15, 0.2) is 42.5 Å². The average Bonchev–Trinajstić information content (AvgIpc) is 3.27. The van der Waals surface area contributed by atoms with Crippen molar-refractivity contribution in [3.05, 3.63) is 48.0 Å². The standard InChI is InChI=1S/C23H29N5OS/c1-29-23-7-3-2-6-22(23)28-13-11-27(12-14-28)19-5-4-10-26(17-19)16-18-8-9-20-21(15-18)25-30-24-20/h2-3,6-9,15,19H,4-5,10-14,16-17H2,1H3. The lowest BCUT2D eigenvalue weighted by atomic mass is 10.0. The number of methoxy groups -OCH3 is 1. The van der Waals surface area contributed by atoms with Crippen LogP contribution in [0.1, 0.15) is 18.4 Å². The molecule has 2 fully saturated rings. The zero-order chi connectivity index (χ0) is 20.3. The van der Waals surface area contributed by atoms with E-state index in [-0.39, 0.29) is 0 Å². The molecule has 2 saturated heterocycles. The quantitative estimate of drug-likeness (QED) is 0.626. The molecule has 5 rings (SSSR count). The maximum absolute atomic E-state index is 5.56. The highest BCUT2D eigenvalue weighted by Gasteiger charge is 2.28. The lowest BCUT2D eigenvalue weighted by Crippen LogP contribution is -2.55. The third-order valence-corrected chi connectivity index (χ3v) is 7.02.